The summed E-state index contributed by atoms with van der Waals surface area (Å²) in [7, 11) is 0. The molecular weight excluding hydrogens is 292 g/mol. The number of amides is 2. The minimum atomic E-state index is -0.496. The van der Waals surface area contributed by atoms with Crippen molar-refractivity contribution in [1.82, 2.24) is 10.2 Å². The molecule has 0 spiro atoms. The van der Waals surface area contributed by atoms with Crippen molar-refractivity contribution < 1.29 is 14.3 Å². The molecule has 0 aromatic carbocycles. The van der Waals surface area contributed by atoms with E-state index in [4.69, 9.17) is 4.74 Å². The van der Waals surface area contributed by atoms with Gasteiger partial charge in [-0.15, -0.1) is 0 Å². The third-order valence-electron chi connectivity index (χ3n) is 4.88. The quantitative estimate of drug-likeness (QED) is 0.847. The number of ether oxygens (including phenoxy) is 1. The number of rotatable bonds is 2. The lowest BCUT2D eigenvalue weighted by Gasteiger charge is -2.35. The van der Waals surface area contributed by atoms with Crippen molar-refractivity contribution in [2.24, 2.45) is 11.8 Å². The minimum absolute atomic E-state index is 0.106. The molecule has 1 aliphatic carbocycles. The first-order chi connectivity index (χ1) is 10.8. The SMILES string of the molecule is CC1CCCCC1NC(=O)C1CCCN(C(=O)OC(C)(C)C)C1. The van der Waals surface area contributed by atoms with Crippen molar-refractivity contribution >= 4 is 12.0 Å². The van der Waals surface area contributed by atoms with E-state index in [-0.39, 0.29) is 17.9 Å². The molecule has 23 heavy (non-hydrogen) atoms. The van der Waals surface area contributed by atoms with Gasteiger partial charge in [0, 0.05) is 19.1 Å². The molecule has 1 N–H and O–H groups in total. The summed E-state index contributed by atoms with van der Waals surface area (Å²) in [5.74, 6) is 0.556. The fraction of sp³-hybridized carbons (Fsp3) is 0.889. The normalized spacial score (nSPS) is 29.0. The second kappa shape index (κ2) is 7.54. The molecule has 0 radical (unpaired) electrons. The summed E-state index contributed by atoms with van der Waals surface area (Å²) in [6.45, 7) is 8.97. The number of hydrogen-bond donors (Lipinski definition) is 1. The van der Waals surface area contributed by atoms with E-state index in [1.807, 2.05) is 20.8 Å². The molecule has 5 nitrogen and oxygen atoms in total. The molecule has 1 saturated heterocycles. The molecule has 2 rings (SSSR count). The Labute approximate surface area is 140 Å². The highest BCUT2D eigenvalue weighted by Gasteiger charge is 2.32. The van der Waals surface area contributed by atoms with Crippen LogP contribution in [0.15, 0.2) is 0 Å². The van der Waals surface area contributed by atoms with E-state index in [1.54, 1.807) is 4.90 Å². The van der Waals surface area contributed by atoms with E-state index in [1.165, 1.54) is 19.3 Å². The lowest BCUT2D eigenvalue weighted by molar-refractivity contribution is -0.127. The molecule has 132 valence electrons. The maximum absolute atomic E-state index is 12.6. The Morgan fingerprint density at radius 1 is 1.09 bits per heavy atom. The summed E-state index contributed by atoms with van der Waals surface area (Å²) in [6, 6.07) is 0.299. The van der Waals surface area contributed by atoms with Crippen molar-refractivity contribution in [2.75, 3.05) is 13.1 Å². The van der Waals surface area contributed by atoms with Gasteiger partial charge in [0.15, 0.2) is 0 Å². The van der Waals surface area contributed by atoms with Crippen LogP contribution in [0.25, 0.3) is 0 Å². The first kappa shape index (κ1) is 18.1. The fourth-order valence-corrected chi connectivity index (χ4v) is 3.51. The summed E-state index contributed by atoms with van der Waals surface area (Å²) in [5, 5.41) is 3.23. The molecule has 3 unspecified atom stereocenters. The second-order valence-corrected chi connectivity index (χ2v) is 8.14. The van der Waals surface area contributed by atoms with Crippen molar-refractivity contribution in [3.8, 4) is 0 Å². The van der Waals surface area contributed by atoms with Gasteiger partial charge in [0.25, 0.3) is 0 Å². The third kappa shape index (κ3) is 5.40. The van der Waals surface area contributed by atoms with Gasteiger partial charge in [0.2, 0.25) is 5.91 Å². The second-order valence-electron chi connectivity index (χ2n) is 8.14. The maximum atomic E-state index is 12.6. The summed E-state index contributed by atoms with van der Waals surface area (Å²) < 4.78 is 5.43. The van der Waals surface area contributed by atoms with Gasteiger partial charge in [-0.25, -0.2) is 4.79 Å². The number of nitrogens with zero attached hydrogens (tertiary/aromatic N) is 1. The molecule has 5 heteroatoms. The Hall–Kier alpha value is -1.26. The van der Waals surface area contributed by atoms with E-state index >= 15 is 0 Å². The molecule has 3 atom stereocenters. The highest BCUT2D eigenvalue weighted by Crippen LogP contribution is 2.25. The zero-order valence-electron chi connectivity index (χ0n) is 15.1. The van der Waals surface area contributed by atoms with Crippen LogP contribution in [0.5, 0.6) is 0 Å². The molecule has 2 fully saturated rings. The smallest absolute Gasteiger partial charge is 0.410 e. The largest absolute Gasteiger partial charge is 0.444 e. The number of piperidine rings is 1. The summed E-state index contributed by atoms with van der Waals surface area (Å²) in [6.07, 6.45) is 6.15. The Morgan fingerprint density at radius 3 is 2.43 bits per heavy atom. The van der Waals surface area contributed by atoms with Crippen LogP contribution in [0, 0.1) is 11.8 Å². The summed E-state index contributed by atoms with van der Waals surface area (Å²) in [5.41, 5.74) is -0.496. The zero-order chi connectivity index (χ0) is 17.0. The average Bonchev–Trinajstić information content (AvgIpc) is 2.48. The molecule has 1 heterocycles. The minimum Gasteiger partial charge on any atom is -0.444 e. The predicted molar refractivity (Wildman–Crippen MR) is 90.1 cm³/mol. The maximum Gasteiger partial charge on any atom is 0.410 e. The molecular formula is C18H32N2O3. The van der Waals surface area contributed by atoms with Gasteiger partial charge < -0.3 is 15.0 Å². The van der Waals surface area contributed by atoms with Crippen LogP contribution in [0.1, 0.15) is 66.2 Å². The third-order valence-corrected chi connectivity index (χ3v) is 4.88. The Kier molecular flexibility index (Phi) is 5.93. The van der Waals surface area contributed by atoms with Crippen molar-refractivity contribution in [3.05, 3.63) is 0 Å². The van der Waals surface area contributed by atoms with Crippen LogP contribution in [-0.4, -0.2) is 41.6 Å². The first-order valence-corrected chi connectivity index (χ1v) is 9.04. The van der Waals surface area contributed by atoms with E-state index in [0.29, 0.717) is 25.0 Å². The lowest BCUT2D eigenvalue weighted by Crippen LogP contribution is -2.50. The number of carbonyl (C=O) groups excluding carboxylic acids is 2. The predicted octanol–water partition coefficient (Wildman–Crippen LogP) is 3.33. The van der Waals surface area contributed by atoms with Gasteiger partial charge in [0.1, 0.15) is 5.60 Å². The monoisotopic (exact) mass is 324 g/mol. The zero-order valence-corrected chi connectivity index (χ0v) is 15.1. The molecule has 0 aromatic rings. The Morgan fingerprint density at radius 2 is 1.78 bits per heavy atom. The molecule has 1 saturated carbocycles. The molecule has 2 amide bonds. The molecule has 2 aliphatic rings. The number of nitrogens with one attached hydrogen (secondary N) is 1. The first-order valence-electron chi connectivity index (χ1n) is 9.04. The van der Waals surface area contributed by atoms with Gasteiger partial charge in [-0.1, -0.05) is 19.8 Å². The number of likely N-dealkylation sites (tertiary alicyclic amines) is 1. The van der Waals surface area contributed by atoms with Crippen molar-refractivity contribution in [2.45, 2.75) is 77.9 Å². The highest BCUT2D eigenvalue weighted by atomic mass is 16.6. The standard InChI is InChI=1S/C18H32N2O3/c1-13-8-5-6-10-15(13)19-16(21)14-9-7-11-20(12-14)17(22)23-18(2,3)4/h13-15H,5-12H2,1-4H3,(H,19,21). The van der Waals surface area contributed by atoms with Gasteiger partial charge in [-0.3, -0.25) is 4.79 Å². The van der Waals surface area contributed by atoms with Crippen LogP contribution in [-0.2, 0) is 9.53 Å². The number of hydrogen-bond acceptors (Lipinski definition) is 3. The highest BCUT2D eigenvalue weighted by molar-refractivity contribution is 5.80. The fourth-order valence-electron chi connectivity index (χ4n) is 3.51. The summed E-state index contributed by atoms with van der Waals surface area (Å²) in [4.78, 5) is 26.5. The van der Waals surface area contributed by atoms with Crippen molar-refractivity contribution in [3.63, 3.8) is 0 Å². The van der Waals surface area contributed by atoms with Crippen LogP contribution >= 0.6 is 0 Å². The van der Waals surface area contributed by atoms with E-state index in [2.05, 4.69) is 12.2 Å². The Balaban J connectivity index is 1.87. The van der Waals surface area contributed by atoms with Crippen LogP contribution in [0.2, 0.25) is 0 Å². The topological polar surface area (TPSA) is 58.6 Å². The van der Waals surface area contributed by atoms with Gasteiger partial charge in [0.05, 0.1) is 5.92 Å². The van der Waals surface area contributed by atoms with Gasteiger partial charge in [-0.05, 0) is 52.4 Å². The number of carbonyl (C=O) groups is 2. The molecule has 1 aliphatic heterocycles. The molecule has 0 bridgehead atoms. The van der Waals surface area contributed by atoms with Crippen LogP contribution in [0.4, 0.5) is 4.79 Å². The van der Waals surface area contributed by atoms with Crippen molar-refractivity contribution in [1.29, 1.82) is 0 Å². The van der Waals surface area contributed by atoms with Gasteiger partial charge >= 0.3 is 6.09 Å². The molecule has 0 aromatic heterocycles. The Bertz CT molecular complexity index is 430. The van der Waals surface area contributed by atoms with Gasteiger partial charge in [-0.2, -0.15) is 0 Å². The van der Waals surface area contributed by atoms with E-state index in [9.17, 15) is 9.59 Å². The summed E-state index contributed by atoms with van der Waals surface area (Å²) >= 11 is 0. The average molecular weight is 324 g/mol. The van der Waals surface area contributed by atoms with E-state index in [0.717, 1.165) is 19.3 Å². The lowest BCUT2D eigenvalue weighted by atomic mass is 9.85. The van der Waals surface area contributed by atoms with Crippen LogP contribution < -0.4 is 5.32 Å². The van der Waals surface area contributed by atoms with E-state index < -0.39 is 5.60 Å². The van der Waals surface area contributed by atoms with Crippen LogP contribution in [0.3, 0.4) is 0 Å².